The number of aryl methyl sites for hydroxylation is 1. The number of carbonyl (C=O) groups is 1. The molecule has 1 amide bonds. The number of carbonyl (C=O) groups excluding carboxylic acids is 1. The lowest BCUT2D eigenvalue weighted by Gasteiger charge is -2.37. The molecule has 7 heteroatoms. The molecule has 0 aromatic heterocycles. The van der Waals surface area contributed by atoms with Crippen LogP contribution in [0.2, 0.25) is 0 Å². The van der Waals surface area contributed by atoms with Crippen LogP contribution in [0.1, 0.15) is 27.0 Å². The SMILES string of the molecule is Cc1ccc(CN2CCN(c3ccccc3C#N)CC2)cc1C(=O)N1CCN(c2ccc(F)cc2)CC1. The number of rotatable bonds is 5. The van der Waals surface area contributed by atoms with E-state index in [0.29, 0.717) is 13.1 Å². The van der Waals surface area contributed by atoms with Crippen LogP contribution in [-0.4, -0.2) is 68.1 Å². The van der Waals surface area contributed by atoms with E-state index in [4.69, 9.17) is 0 Å². The summed E-state index contributed by atoms with van der Waals surface area (Å²) in [5.74, 6) is -0.157. The lowest BCUT2D eigenvalue weighted by atomic mass is 10.0. The number of amides is 1. The standard InChI is InChI=1S/C30H32FN5O/c1-23-6-7-24(22-33-12-14-35(15-13-33)29-5-3-2-4-25(29)21-32)20-28(23)30(37)36-18-16-34(17-19-36)27-10-8-26(31)9-11-27/h2-11,20H,12-19,22H2,1H3. The van der Waals surface area contributed by atoms with E-state index in [2.05, 4.69) is 39.0 Å². The first-order chi connectivity index (χ1) is 18.0. The van der Waals surface area contributed by atoms with Crippen LogP contribution >= 0.6 is 0 Å². The molecule has 190 valence electrons. The van der Waals surface area contributed by atoms with Gasteiger partial charge >= 0.3 is 0 Å². The number of hydrogen-bond acceptors (Lipinski definition) is 5. The number of anilines is 2. The minimum atomic E-state index is -0.237. The van der Waals surface area contributed by atoms with Crippen LogP contribution in [0.25, 0.3) is 0 Å². The van der Waals surface area contributed by atoms with Gasteiger partial charge in [-0.15, -0.1) is 0 Å². The molecule has 2 saturated heterocycles. The van der Waals surface area contributed by atoms with E-state index in [1.165, 1.54) is 12.1 Å². The molecule has 0 aliphatic carbocycles. The minimum absolute atomic E-state index is 0.0797. The first kappa shape index (κ1) is 24.8. The van der Waals surface area contributed by atoms with Crippen molar-refractivity contribution in [2.75, 3.05) is 62.2 Å². The van der Waals surface area contributed by atoms with Gasteiger partial charge in [0, 0.05) is 70.2 Å². The van der Waals surface area contributed by atoms with Gasteiger partial charge in [-0.05, 0) is 60.5 Å². The summed E-state index contributed by atoms with van der Waals surface area (Å²) in [6, 6.07) is 22.8. The molecule has 0 saturated carbocycles. The molecule has 5 rings (SSSR count). The zero-order valence-electron chi connectivity index (χ0n) is 21.2. The Balaban J connectivity index is 1.18. The highest BCUT2D eigenvalue weighted by Crippen LogP contribution is 2.23. The van der Waals surface area contributed by atoms with E-state index in [1.54, 1.807) is 12.1 Å². The summed E-state index contributed by atoms with van der Waals surface area (Å²) in [4.78, 5) is 22.2. The maximum Gasteiger partial charge on any atom is 0.254 e. The summed E-state index contributed by atoms with van der Waals surface area (Å²) < 4.78 is 13.3. The first-order valence-corrected chi connectivity index (χ1v) is 12.9. The molecule has 2 heterocycles. The molecular weight excluding hydrogens is 465 g/mol. The smallest absolute Gasteiger partial charge is 0.254 e. The summed E-state index contributed by atoms with van der Waals surface area (Å²) in [6.45, 7) is 9.10. The number of para-hydroxylation sites is 1. The largest absolute Gasteiger partial charge is 0.368 e. The van der Waals surface area contributed by atoms with Crippen LogP contribution < -0.4 is 9.80 Å². The van der Waals surface area contributed by atoms with Crippen molar-refractivity contribution < 1.29 is 9.18 Å². The Morgan fingerprint density at radius 2 is 1.54 bits per heavy atom. The molecule has 6 nitrogen and oxygen atoms in total. The van der Waals surface area contributed by atoms with Crippen LogP contribution in [0.5, 0.6) is 0 Å². The van der Waals surface area contributed by atoms with Crippen molar-refractivity contribution in [2.24, 2.45) is 0 Å². The van der Waals surface area contributed by atoms with Gasteiger partial charge < -0.3 is 14.7 Å². The van der Waals surface area contributed by atoms with Gasteiger partial charge in [-0.25, -0.2) is 4.39 Å². The Hall–Kier alpha value is -3.89. The second kappa shape index (κ2) is 11.0. The number of piperazine rings is 2. The van der Waals surface area contributed by atoms with Gasteiger partial charge in [0.1, 0.15) is 11.9 Å². The zero-order valence-corrected chi connectivity index (χ0v) is 21.2. The van der Waals surface area contributed by atoms with E-state index in [0.717, 1.165) is 79.4 Å². The quantitative estimate of drug-likeness (QED) is 0.527. The van der Waals surface area contributed by atoms with Crippen molar-refractivity contribution >= 4 is 17.3 Å². The highest BCUT2D eigenvalue weighted by Gasteiger charge is 2.24. The van der Waals surface area contributed by atoms with Gasteiger partial charge in [0.05, 0.1) is 11.3 Å². The summed E-state index contributed by atoms with van der Waals surface area (Å²) in [5, 5.41) is 9.42. The lowest BCUT2D eigenvalue weighted by molar-refractivity contribution is 0.0746. The van der Waals surface area contributed by atoms with Gasteiger partial charge in [0.2, 0.25) is 0 Å². The highest BCUT2D eigenvalue weighted by atomic mass is 19.1. The van der Waals surface area contributed by atoms with E-state index in [9.17, 15) is 14.4 Å². The number of nitrogens with zero attached hydrogens (tertiary/aromatic N) is 5. The first-order valence-electron chi connectivity index (χ1n) is 12.9. The fourth-order valence-electron chi connectivity index (χ4n) is 5.24. The lowest BCUT2D eigenvalue weighted by Crippen LogP contribution is -2.49. The molecule has 37 heavy (non-hydrogen) atoms. The Morgan fingerprint density at radius 3 is 2.24 bits per heavy atom. The Labute approximate surface area is 218 Å². The minimum Gasteiger partial charge on any atom is -0.368 e. The number of halogens is 1. The maximum atomic E-state index is 13.4. The summed E-state index contributed by atoms with van der Waals surface area (Å²) in [7, 11) is 0. The fourth-order valence-corrected chi connectivity index (χ4v) is 5.24. The van der Waals surface area contributed by atoms with Gasteiger partial charge in [-0.3, -0.25) is 9.69 Å². The van der Waals surface area contributed by atoms with Gasteiger partial charge in [0.15, 0.2) is 0 Å². The van der Waals surface area contributed by atoms with E-state index >= 15 is 0 Å². The molecule has 0 N–H and O–H groups in total. The molecule has 0 spiro atoms. The van der Waals surface area contributed by atoms with Crippen molar-refractivity contribution in [3.63, 3.8) is 0 Å². The molecule has 0 atom stereocenters. The van der Waals surface area contributed by atoms with Gasteiger partial charge in [-0.2, -0.15) is 5.26 Å². The van der Waals surface area contributed by atoms with Crippen molar-refractivity contribution in [2.45, 2.75) is 13.5 Å². The molecule has 3 aromatic rings. The van der Waals surface area contributed by atoms with Gasteiger partial charge in [-0.1, -0.05) is 24.3 Å². The maximum absolute atomic E-state index is 13.4. The van der Waals surface area contributed by atoms with Crippen LogP contribution in [-0.2, 0) is 6.54 Å². The Kier molecular flexibility index (Phi) is 7.38. The fraction of sp³-hybridized carbons (Fsp3) is 0.333. The predicted octanol–water partition coefficient (Wildman–Crippen LogP) is 4.29. The van der Waals surface area contributed by atoms with Crippen LogP contribution in [0.15, 0.2) is 66.7 Å². The molecule has 2 fully saturated rings. The normalized spacial score (nSPS) is 16.5. The summed E-state index contributed by atoms with van der Waals surface area (Å²) in [6.07, 6.45) is 0. The summed E-state index contributed by atoms with van der Waals surface area (Å²) >= 11 is 0. The average molecular weight is 498 g/mol. The van der Waals surface area contributed by atoms with Gasteiger partial charge in [0.25, 0.3) is 5.91 Å². The molecule has 3 aromatic carbocycles. The molecule has 2 aliphatic rings. The van der Waals surface area contributed by atoms with Crippen molar-refractivity contribution in [1.29, 1.82) is 5.26 Å². The Morgan fingerprint density at radius 1 is 0.865 bits per heavy atom. The van der Waals surface area contributed by atoms with Crippen LogP contribution in [0, 0.1) is 24.1 Å². The molecule has 0 bridgehead atoms. The van der Waals surface area contributed by atoms with E-state index < -0.39 is 0 Å². The topological polar surface area (TPSA) is 53.8 Å². The number of nitriles is 1. The molecule has 0 unspecified atom stereocenters. The van der Waals surface area contributed by atoms with E-state index in [1.807, 2.05) is 36.1 Å². The second-order valence-electron chi connectivity index (χ2n) is 9.80. The molecular formula is C30H32FN5O. The van der Waals surface area contributed by atoms with Crippen molar-refractivity contribution in [1.82, 2.24) is 9.80 Å². The summed E-state index contributed by atoms with van der Waals surface area (Å²) in [5.41, 5.74) is 5.62. The molecule has 2 aliphatic heterocycles. The monoisotopic (exact) mass is 497 g/mol. The predicted molar refractivity (Wildman–Crippen MR) is 144 cm³/mol. The zero-order chi connectivity index (χ0) is 25.8. The highest BCUT2D eigenvalue weighted by molar-refractivity contribution is 5.96. The van der Waals surface area contributed by atoms with Crippen LogP contribution in [0.4, 0.5) is 15.8 Å². The number of benzene rings is 3. The van der Waals surface area contributed by atoms with Crippen LogP contribution in [0.3, 0.4) is 0 Å². The third-order valence-electron chi connectivity index (χ3n) is 7.43. The average Bonchev–Trinajstić information content (AvgIpc) is 2.94. The number of hydrogen-bond donors (Lipinski definition) is 0. The molecule has 0 radical (unpaired) electrons. The third-order valence-corrected chi connectivity index (χ3v) is 7.43. The van der Waals surface area contributed by atoms with Crippen molar-refractivity contribution in [3.05, 3.63) is 94.8 Å². The Bertz CT molecular complexity index is 1290. The second-order valence-corrected chi connectivity index (χ2v) is 9.80. The van der Waals surface area contributed by atoms with E-state index in [-0.39, 0.29) is 11.7 Å². The third kappa shape index (κ3) is 5.60. The van der Waals surface area contributed by atoms with Crippen molar-refractivity contribution in [3.8, 4) is 6.07 Å².